The summed E-state index contributed by atoms with van der Waals surface area (Å²) in [6.45, 7) is 0.228. The van der Waals surface area contributed by atoms with Crippen LogP contribution in [-0.2, 0) is 13.6 Å². The Kier molecular flexibility index (Phi) is 7.56. The Balaban J connectivity index is 1.37. The molecular formula is C24H23AlClN4O7P. The Labute approximate surface area is 231 Å². The number of urea groups is 1. The van der Waals surface area contributed by atoms with Gasteiger partial charge in [-0.25, -0.2) is 14.0 Å². The number of hydrogen-bond donors (Lipinski definition) is 2. The van der Waals surface area contributed by atoms with E-state index in [9.17, 15) is 14.2 Å². The predicted molar refractivity (Wildman–Crippen MR) is 141 cm³/mol. The van der Waals surface area contributed by atoms with Crippen molar-refractivity contribution in [2.75, 3.05) is 19.0 Å². The van der Waals surface area contributed by atoms with Crippen molar-refractivity contribution in [3.8, 4) is 17.2 Å². The smallest absolute Gasteiger partial charge is 0.438 e. The lowest BCUT2D eigenvalue weighted by Crippen LogP contribution is -2.38. The Morgan fingerprint density at radius 3 is 2.66 bits per heavy atom. The molecular weight excluding hydrogens is 550 g/mol. The van der Waals surface area contributed by atoms with Gasteiger partial charge in [-0.1, -0.05) is 11.6 Å². The summed E-state index contributed by atoms with van der Waals surface area (Å²) in [5.74, 6) is 0.428. The van der Waals surface area contributed by atoms with Crippen LogP contribution in [0.1, 0.15) is 29.6 Å². The number of anilines is 1. The fourth-order valence-corrected chi connectivity index (χ4v) is 6.80. The number of nitrogens with two attached hydrogens (primary N) is 1. The zero-order valence-electron chi connectivity index (χ0n) is 20.3. The number of aromatic nitrogens is 1. The molecule has 3 N–H and O–H groups in total. The largest absolute Gasteiger partial charge is 0.496 e. The molecule has 196 valence electrons. The number of amides is 3. The van der Waals surface area contributed by atoms with Gasteiger partial charge in [-0.3, -0.25) is 14.3 Å². The van der Waals surface area contributed by atoms with Crippen LogP contribution < -0.4 is 20.5 Å². The third-order valence-electron chi connectivity index (χ3n) is 5.99. The quantitative estimate of drug-likeness (QED) is 0.303. The molecule has 2 fully saturated rings. The molecule has 14 heteroatoms. The molecule has 0 spiro atoms. The number of nitrogens with one attached hydrogen (secondary N) is 1. The number of rotatable bonds is 7. The second kappa shape index (κ2) is 10.7. The number of carbonyl (C=O) groups excluding carboxylic acids is 2. The van der Waals surface area contributed by atoms with Crippen molar-refractivity contribution < 1.29 is 32.7 Å². The summed E-state index contributed by atoms with van der Waals surface area (Å²) in [5, 5.41) is 3.44. The maximum Gasteiger partial charge on any atom is 0.438 e. The van der Waals surface area contributed by atoms with Gasteiger partial charge >= 0.3 is 13.8 Å². The molecule has 1 saturated heterocycles. The second-order valence-electron chi connectivity index (χ2n) is 8.73. The zero-order chi connectivity index (χ0) is 27.0. The van der Waals surface area contributed by atoms with E-state index in [-0.39, 0.29) is 28.2 Å². The highest BCUT2D eigenvalue weighted by molar-refractivity contribution is 7.52. The minimum absolute atomic E-state index is 0.187. The van der Waals surface area contributed by atoms with Gasteiger partial charge in [-0.2, -0.15) is 0 Å². The molecule has 0 bridgehead atoms. The number of carbonyl (C=O) groups is 2. The average molecular weight is 573 g/mol. The molecule has 1 aromatic heterocycles. The molecule has 3 amide bonds. The lowest BCUT2D eigenvalue weighted by molar-refractivity contribution is 0.0959. The van der Waals surface area contributed by atoms with Crippen LogP contribution in [-0.4, -0.2) is 62.6 Å². The van der Waals surface area contributed by atoms with Gasteiger partial charge in [0.05, 0.1) is 35.5 Å². The van der Waals surface area contributed by atoms with Crippen molar-refractivity contribution in [1.29, 1.82) is 0 Å². The van der Waals surface area contributed by atoms with Crippen LogP contribution in [0.25, 0.3) is 10.9 Å². The first kappa shape index (κ1) is 26.8. The van der Waals surface area contributed by atoms with Crippen molar-refractivity contribution in [2.24, 2.45) is 5.73 Å². The molecule has 3 aromatic rings. The number of hydrogen-bond acceptors (Lipinski definition) is 8. The number of fused-ring (bicyclic) bond motifs is 1. The fourth-order valence-electron chi connectivity index (χ4n) is 4.01. The van der Waals surface area contributed by atoms with E-state index in [1.807, 2.05) is 0 Å². The molecule has 2 radical (unpaired) electrons. The van der Waals surface area contributed by atoms with Gasteiger partial charge in [0.1, 0.15) is 17.2 Å². The zero-order valence-corrected chi connectivity index (χ0v) is 23.1. The number of benzene rings is 2. The number of ether oxygens (including phenoxy) is 2. The standard InChI is InChI=1S/C24H23ClN4O7P.Al/c1-33-22-13-20-16(12-17(22)23(26)30)21(7-8-27-20)36-15-5-6-19(18(25)11-15)28-24(31)29(14-3-4-14)37(32)34-9-2-10-35-37;/h5-9,11-14H,2-4,10H2,1H3,(H2,26,30)(H,28,31);. The molecule has 1 aliphatic carbocycles. The number of halogens is 1. The highest BCUT2D eigenvalue weighted by atomic mass is 35.5. The van der Waals surface area contributed by atoms with E-state index in [1.54, 1.807) is 36.5 Å². The molecule has 2 unspecified atom stereocenters. The van der Waals surface area contributed by atoms with Crippen molar-refractivity contribution in [1.82, 2.24) is 9.65 Å². The van der Waals surface area contributed by atoms with Crippen LogP contribution in [0.15, 0.2) is 42.6 Å². The molecule has 11 nitrogen and oxygen atoms in total. The minimum Gasteiger partial charge on any atom is -0.496 e. The summed E-state index contributed by atoms with van der Waals surface area (Å²) >= 11 is 8.93. The average Bonchev–Trinajstić information content (AvgIpc) is 3.69. The number of primary amides is 1. The van der Waals surface area contributed by atoms with E-state index < -0.39 is 19.7 Å². The van der Waals surface area contributed by atoms with Crippen molar-refractivity contribution >= 4 is 64.2 Å². The fraction of sp³-hybridized carbons (Fsp3) is 0.292. The van der Waals surface area contributed by atoms with E-state index in [0.29, 0.717) is 53.1 Å². The molecule has 1 aliphatic heterocycles. The molecule has 2 heterocycles. The molecule has 38 heavy (non-hydrogen) atoms. The number of nitrogens with zero attached hydrogens (tertiary/aromatic N) is 2. The SMILES string of the molecule is COc1cc2nccc(Oc3ccc(NC(=O)N(C4CC4)P4(=O)OCC[CH]([Al])O4)c(Cl)c3)c2cc1C(N)=O. The predicted octanol–water partition coefficient (Wildman–Crippen LogP) is 4.82. The summed E-state index contributed by atoms with van der Waals surface area (Å²) in [6.07, 6.45) is 3.53. The topological polar surface area (TPSA) is 142 Å². The Morgan fingerprint density at radius 1 is 1.21 bits per heavy atom. The van der Waals surface area contributed by atoms with Gasteiger partial charge in [0.25, 0.3) is 5.91 Å². The highest BCUT2D eigenvalue weighted by Gasteiger charge is 2.49. The van der Waals surface area contributed by atoms with Gasteiger partial charge in [0.15, 0.2) is 16.3 Å². The van der Waals surface area contributed by atoms with Gasteiger partial charge < -0.3 is 25.0 Å². The first-order chi connectivity index (χ1) is 18.2. The lowest BCUT2D eigenvalue weighted by Gasteiger charge is -2.35. The van der Waals surface area contributed by atoms with Gasteiger partial charge in [0.2, 0.25) is 0 Å². The van der Waals surface area contributed by atoms with E-state index in [1.165, 1.54) is 13.2 Å². The Morgan fingerprint density at radius 2 is 2.00 bits per heavy atom. The summed E-state index contributed by atoms with van der Waals surface area (Å²) in [4.78, 5) is 29.0. The first-order valence-corrected chi connectivity index (χ1v) is 14.3. The third kappa shape index (κ3) is 5.47. The molecule has 2 atom stereocenters. The van der Waals surface area contributed by atoms with Crippen molar-refractivity contribution in [2.45, 2.75) is 30.3 Å². The van der Waals surface area contributed by atoms with Crippen LogP contribution in [0.5, 0.6) is 17.2 Å². The Bertz CT molecular complexity index is 1470. The maximum atomic E-state index is 13.3. The van der Waals surface area contributed by atoms with Crippen LogP contribution >= 0.6 is 19.3 Å². The first-order valence-electron chi connectivity index (χ1n) is 11.7. The maximum absolute atomic E-state index is 13.3. The highest BCUT2D eigenvalue weighted by Crippen LogP contribution is 2.59. The summed E-state index contributed by atoms with van der Waals surface area (Å²) in [5.41, 5.74) is 6.51. The van der Waals surface area contributed by atoms with Gasteiger partial charge in [0, 0.05) is 29.8 Å². The summed E-state index contributed by atoms with van der Waals surface area (Å²) in [7, 11) is -2.35. The third-order valence-corrected chi connectivity index (χ3v) is 9.08. The van der Waals surface area contributed by atoms with Crippen LogP contribution in [0.3, 0.4) is 0 Å². The molecule has 1 saturated carbocycles. The second-order valence-corrected chi connectivity index (χ2v) is 11.7. The van der Waals surface area contributed by atoms with E-state index in [4.69, 9.17) is 35.9 Å². The van der Waals surface area contributed by atoms with Gasteiger partial charge in [-0.05, 0) is 48.5 Å². The summed E-state index contributed by atoms with van der Waals surface area (Å²) < 4.78 is 36.8. The van der Waals surface area contributed by atoms with Crippen LogP contribution in [0.4, 0.5) is 10.5 Å². The van der Waals surface area contributed by atoms with Crippen molar-refractivity contribution in [3.63, 3.8) is 0 Å². The lowest BCUT2D eigenvalue weighted by atomic mass is 10.1. The normalized spacial score (nSPS) is 21.1. The van der Waals surface area contributed by atoms with Crippen LogP contribution in [0.2, 0.25) is 5.02 Å². The van der Waals surface area contributed by atoms with Gasteiger partial charge in [-0.15, -0.1) is 0 Å². The number of methoxy groups -OCH3 is 1. The van der Waals surface area contributed by atoms with Crippen LogP contribution in [0, 0.1) is 0 Å². The van der Waals surface area contributed by atoms with E-state index in [0.717, 1.165) is 4.67 Å². The molecule has 2 aliphatic rings. The molecule has 2 aromatic carbocycles. The number of pyridine rings is 1. The Hall–Kier alpha value is -2.84. The minimum atomic E-state index is -3.79. The molecule has 5 rings (SSSR count). The van der Waals surface area contributed by atoms with E-state index in [2.05, 4.69) is 26.6 Å². The summed E-state index contributed by atoms with van der Waals surface area (Å²) in [6, 6.07) is 8.64. The van der Waals surface area contributed by atoms with E-state index >= 15 is 0 Å². The monoisotopic (exact) mass is 572 g/mol. The van der Waals surface area contributed by atoms with Crippen molar-refractivity contribution in [3.05, 3.63) is 53.2 Å².